The molecule has 1 saturated carbocycles. The van der Waals surface area contributed by atoms with Crippen LogP contribution in [0.4, 0.5) is 5.69 Å². The van der Waals surface area contributed by atoms with Crippen molar-refractivity contribution >= 4 is 33.2 Å². The fourth-order valence-corrected chi connectivity index (χ4v) is 4.03. The van der Waals surface area contributed by atoms with Gasteiger partial charge in [0.25, 0.3) is 0 Å². The van der Waals surface area contributed by atoms with E-state index >= 15 is 0 Å². The van der Waals surface area contributed by atoms with Gasteiger partial charge in [-0.25, -0.2) is 0 Å². The van der Waals surface area contributed by atoms with Gasteiger partial charge in [0, 0.05) is 11.1 Å². The quantitative estimate of drug-likeness (QED) is 0.739. The van der Waals surface area contributed by atoms with Gasteiger partial charge in [-0.2, -0.15) is 0 Å². The Morgan fingerprint density at radius 3 is 2.55 bits per heavy atom. The molecule has 1 fully saturated rings. The van der Waals surface area contributed by atoms with Crippen LogP contribution in [0.15, 0.2) is 16.6 Å². The lowest BCUT2D eigenvalue weighted by atomic mass is 9.78. The molecule has 0 heterocycles. The highest BCUT2D eigenvalue weighted by Crippen LogP contribution is 2.39. The maximum atomic E-state index is 6.19. The zero-order valence-electron chi connectivity index (χ0n) is 12.4. The SMILES string of the molecule is CCOc1c(Br)cc(Cl)cc1NC1C(C)CCCC1C. The van der Waals surface area contributed by atoms with Crippen LogP contribution in [0, 0.1) is 11.8 Å². The van der Waals surface area contributed by atoms with Crippen LogP contribution in [0.3, 0.4) is 0 Å². The lowest BCUT2D eigenvalue weighted by molar-refractivity contribution is 0.266. The minimum atomic E-state index is 0.480. The molecule has 0 amide bonds. The average molecular weight is 361 g/mol. The van der Waals surface area contributed by atoms with Gasteiger partial charge in [-0.1, -0.05) is 31.9 Å². The molecule has 0 aliphatic heterocycles. The van der Waals surface area contributed by atoms with Crippen LogP contribution in [0.5, 0.6) is 5.75 Å². The highest BCUT2D eigenvalue weighted by atomic mass is 79.9. The Kier molecular flexibility index (Phi) is 5.62. The first-order chi connectivity index (χ1) is 9.52. The van der Waals surface area contributed by atoms with E-state index in [9.17, 15) is 0 Å². The average Bonchev–Trinajstić information content (AvgIpc) is 2.38. The van der Waals surface area contributed by atoms with E-state index in [0.717, 1.165) is 20.9 Å². The van der Waals surface area contributed by atoms with Crippen LogP contribution in [-0.4, -0.2) is 12.6 Å². The first-order valence-electron chi connectivity index (χ1n) is 7.41. The number of benzene rings is 1. The Balaban J connectivity index is 2.27. The summed E-state index contributed by atoms with van der Waals surface area (Å²) in [6, 6.07) is 4.32. The highest BCUT2D eigenvalue weighted by Gasteiger charge is 2.28. The van der Waals surface area contributed by atoms with Crippen molar-refractivity contribution in [3.63, 3.8) is 0 Å². The van der Waals surface area contributed by atoms with Crippen molar-refractivity contribution in [1.82, 2.24) is 0 Å². The lowest BCUT2D eigenvalue weighted by Crippen LogP contribution is -2.37. The van der Waals surface area contributed by atoms with Crippen molar-refractivity contribution in [1.29, 1.82) is 0 Å². The van der Waals surface area contributed by atoms with Gasteiger partial charge in [0.05, 0.1) is 16.8 Å². The standard InChI is InChI=1S/C16H23BrClNO/c1-4-20-16-13(17)8-12(18)9-14(16)19-15-10(2)6-5-7-11(15)3/h8-11,15,19H,4-7H2,1-3H3. The summed E-state index contributed by atoms with van der Waals surface area (Å²) in [5.41, 5.74) is 0.997. The fourth-order valence-electron chi connectivity index (χ4n) is 3.10. The van der Waals surface area contributed by atoms with Crippen LogP contribution >= 0.6 is 27.5 Å². The largest absolute Gasteiger partial charge is 0.491 e. The molecule has 2 rings (SSSR count). The van der Waals surface area contributed by atoms with E-state index in [4.69, 9.17) is 16.3 Å². The van der Waals surface area contributed by atoms with Crippen LogP contribution in [0.25, 0.3) is 0 Å². The van der Waals surface area contributed by atoms with E-state index in [1.807, 2.05) is 19.1 Å². The van der Waals surface area contributed by atoms with E-state index in [2.05, 4.69) is 35.1 Å². The molecule has 4 heteroatoms. The molecule has 2 atom stereocenters. The summed E-state index contributed by atoms with van der Waals surface area (Å²) >= 11 is 9.73. The van der Waals surface area contributed by atoms with Crippen molar-refractivity contribution in [3.8, 4) is 5.75 Å². The monoisotopic (exact) mass is 359 g/mol. The number of rotatable bonds is 4. The number of hydrogen-bond acceptors (Lipinski definition) is 2. The predicted octanol–water partition coefficient (Wildman–Crippen LogP) is 5.74. The smallest absolute Gasteiger partial charge is 0.156 e. The minimum absolute atomic E-state index is 0.480. The van der Waals surface area contributed by atoms with Gasteiger partial charge in [-0.05, 0) is 59.7 Å². The fraction of sp³-hybridized carbons (Fsp3) is 0.625. The number of hydrogen-bond donors (Lipinski definition) is 1. The number of nitrogens with one attached hydrogen (secondary N) is 1. The first-order valence-corrected chi connectivity index (χ1v) is 8.58. The Morgan fingerprint density at radius 2 is 1.95 bits per heavy atom. The Morgan fingerprint density at radius 1 is 1.30 bits per heavy atom. The van der Waals surface area contributed by atoms with Gasteiger partial charge < -0.3 is 10.1 Å². The Hall–Kier alpha value is -0.410. The van der Waals surface area contributed by atoms with Gasteiger partial charge in [0.2, 0.25) is 0 Å². The Bertz CT molecular complexity index is 456. The molecule has 20 heavy (non-hydrogen) atoms. The third-order valence-corrected chi connectivity index (χ3v) is 4.97. The molecular formula is C16H23BrClNO. The van der Waals surface area contributed by atoms with E-state index in [1.165, 1.54) is 19.3 Å². The van der Waals surface area contributed by atoms with Crippen molar-refractivity contribution < 1.29 is 4.74 Å². The second-order valence-corrected chi connectivity index (χ2v) is 7.04. The molecule has 0 bridgehead atoms. The molecule has 0 saturated heterocycles. The summed E-state index contributed by atoms with van der Waals surface area (Å²) in [5.74, 6) is 2.21. The lowest BCUT2D eigenvalue weighted by Gasteiger charge is -2.36. The zero-order chi connectivity index (χ0) is 14.7. The van der Waals surface area contributed by atoms with Crippen LogP contribution in [0.1, 0.15) is 40.0 Å². The van der Waals surface area contributed by atoms with Gasteiger partial charge in [0.15, 0.2) is 5.75 Å². The molecule has 2 unspecified atom stereocenters. The molecule has 1 aliphatic rings. The van der Waals surface area contributed by atoms with Gasteiger partial charge in [-0.15, -0.1) is 0 Å². The van der Waals surface area contributed by atoms with Gasteiger partial charge in [0.1, 0.15) is 0 Å². The van der Waals surface area contributed by atoms with Gasteiger partial charge in [-0.3, -0.25) is 0 Å². The highest BCUT2D eigenvalue weighted by molar-refractivity contribution is 9.10. The summed E-state index contributed by atoms with van der Waals surface area (Å²) in [6.07, 6.45) is 3.90. The first kappa shape index (κ1) is 16.0. The van der Waals surface area contributed by atoms with Crippen LogP contribution in [0.2, 0.25) is 5.02 Å². The third-order valence-electron chi connectivity index (χ3n) is 4.16. The number of halogens is 2. The van der Waals surface area contributed by atoms with Crippen molar-refractivity contribution in [3.05, 3.63) is 21.6 Å². The summed E-state index contributed by atoms with van der Waals surface area (Å²) < 4.78 is 6.67. The van der Waals surface area contributed by atoms with Crippen molar-refractivity contribution in [2.45, 2.75) is 46.1 Å². The number of ether oxygens (including phenoxy) is 1. The summed E-state index contributed by atoms with van der Waals surface area (Å²) in [6.45, 7) is 7.29. The van der Waals surface area contributed by atoms with E-state index in [1.54, 1.807) is 0 Å². The molecule has 112 valence electrons. The van der Waals surface area contributed by atoms with Crippen LogP contribution < -0.4 is 10.1 Å². The molecule has 1 aromatic rings. The van der Waals surface area contributed by atoms with Crippen LogP contribution in [-0.2, 0) is 0 Å². The van der Waals surface area contributed by atoms with E-state index in [-0.39, 0.29) is 0 Å². The predicted molar refractivity (Wildman–Crippen MR) is 89.9 cm³/mol. The molecule has 0 aromatic heterocycles. The second-order valence-electron chi connectivity index (χ2n) is 5.75. The molecule has 1 N–H and O–H groups in total. The normalized spacial score (nSPS) is 26.4. The maximum Gasteiger partial charge on any atom is 0.156 e. The molecular weight excluding hydrogens is 338 g/mol. The zero-order valence-corrected chi connectivity index (χ0v) is 14.7. The molecule has 0 radical (unpaired) electrons. The van der Waals surface area contributed by atoms with Gasteiger partial charge >= 0.3 is 0 Å². The second kappa shape index (κ2) is 7.04. The molecule has 1 aromatic carbocycles. The third kappa shape index (κ3) is 3.62. The summed E-state index contributed by atoms with van der Waals surface area (Å²) in [4.78, 5) is 0. The van der Waals surface area contributed by atoms with Crippen molar-refractivity contribution in [2.75, 3.05) is 11.9 Å². The maximum absolute atomic E-state index is 6.19. The van der Waals surface area contributed by atoms with E-state index in [0.29, 0.717) is 24.5 Å². The molecule has 1 aliphatic carbocycles. The topological polar surface area (TPSA) is 21.3 Å². The molecule has 2 nitrogen and oxygen atoms in total. The summed E-state index contributed by atoms with van der Waals surface area (Å²) in [7, 11) is 0. The summed E-state index contributed by atoms with van der Waals surface area (Å²) in [5, 5.41) is 4.40. The number of anilines is 1. The molecule has 0 spiro atoms. The Labute approximate surface area is 135 Å². The van der Waals surface area contributed by atoms with Crippen molar-refractivity contribution in [2.24, 2.45) is 11.8 Å². The minimum Gasteiger partial charge on any atom is -0.491 e. The van der Waals surface area contributed by atoms with E-state index < -0.39 is 0 Å².